The zero-order chi connectivity index (χ0) is 51.4. The number of morpholine rings is 2. The quantitative estimate of drug-likeness (QED) is 0.0614. The smallest absolute Gasteiger partial charge is 0.422 e. The van der Waals surface area contributed by atoms with Crippen molar-refractivity contribution in [3.05, 3.63) is 179 Å². The number of carbonyl (C=O) groups excluding carboxylic acids is 3. The highest BCUT2D eigenvalue weighted by atomic mass is 19.4. The van der Waals surface area contributed by atoms with Crippen LogP contribution in [0, 0.1) is 0 Å². The Morgan fingerprint density at radius 1 is 0.575 bits per heavy atom. The van der Waals surface area contributed by atoms with Crippen LogP contribution in [0.15, 0.2) is 140 Å². The van der Waals surface area contributed by atoms with E-state index in [1.54, 1.807) is 24.3 Å². The Bertz CT molecular complexity index is 2640. The molecule has 2 unspecified atom stereocenters. The summed E-state index contributed by atoms with van der Waals surface area (Å²) in [6.45, 7) is 10.1. The number of nitrogens with zero attached hydrogens (tertiary/aromatic N) is 1. The normalized spacial score (nSPS) is 17.4. The zero-order valence-corrected chi connectivity index (χ0v) is 40.9. The number of halogens is 3. The number of benzene rings is 5. The number of hydrogen-bond acceptors (Lipinski definition) is 11. The molecule has 0 bridgehead atoms. The summed E-state index contributed by atoms with van der Waals surface area (Å²) in [4.78, 5) is 40.5. The Kier molecular flexibility index (Phi) is 19.9. The van der Waals surface area contributed by atoms with Gasteiger partial charge in [-0.25, -0.2) is 4.98 Å². The SMILES string of the molecule is CCOc1ccc(C(=O)Nc2ccc(C3CNCCO3)cc2)cc1.CCc1ccc(C(=O)Nc2ccc(C3CNCCO3)cc2)cc1.O=C(Nc1ccc([C@H]2CCNC2)cc1)c1ccc(OCC(F)(F)F)nc1. The molecule has 3 aliphatic rings. The van der Waals surface area contributed by atoms with Crippen LogP contribution in [-0.2, 0) is 15.9 Å². The van der Waals surface area contributed by atoms with E-state index < -0.39 is 18.7 Å². The van der Waals surface area contributed by atoms with Gasteiger partial charge >= 0.3 is 6.18 Å². The van der Waals surface area contributed by atoms with E-state index in [0.29, 0.717) is 29.3 Å². The molecule has 384 valence electrons. The first kappa shape index (κ1) is 53.6. The molecule has 14 nitrogen and oxygen atoms in total. The van der Waals surface area contributed by atoms with Crippen LogP contribution in [0.25, 0.3) is 0 Å². The van der Waals surface area contributed by atoms with Crippen LogP contribution < -0.4 is 41.4 Å². The predicted molar refractivity (Wildman–Crippen MR) is 276 cm³/mol. The van der Waals surface area contributed by atoms with Gasteiger partial charge in [0.2, 0.25) is 5.88 Å². The fourth-order valence-corrected chi connectivity index (χ4v) is 8.03. The first-order valence-corrected chi connectivity index (χ1v) is 24.5. The summed E-state index contributed by atoms with van der Waals surface area (Å²) in [5.74, 6) is 0.452. The maximum absolute atomic E-state index is 12.3. The fraction of sp³-hybridized carbons (Fsp3) is 0.321. The number of anilines is 3. The van der Waals surface area contributed by atoms with E-state index in [1.807, 2.05) is 104 Å². The van der Waals surface area contributed by atoms with Gasteiger partial charge in [-0.15, -0.1) is 0 Å². The van der Waals surface area contributed by atoms with Gasteiger partial charge in [0.25, 0.3) is 17.7 Å². The van der Waals surface area contributed by atoms with Crippen LogP contribution in [-0.4, -0.2) is 94.6 Å². The minimum absolute atomic E-state index is 0.0783. The Hall–Kier alpha value is -7.15. The lowest BCUT2D eigenvalue weighted by Crippen LogP contribution is -2.33. The number of nitrogens with one attached hydrogen (secondary N) is 6. The summed E-state index contributed by atoms with van der Waals surface area (Å²) in [5.41, 5.74) is 8.39. The summed E-state index contributed by atoms with van der Waals surface area (Å²) in [6.07, 6.45) is -1.01. The number of aryl methyl sites for hydroxylation is 1. The standard InChI is InChI=1S/C19H22N2O3.C19H22N2O2.C18H18F3N3O2/c1-2-23-17-9-5-15(6-10-17)19(22)21-16-7-3-14(4-8-16)18-13-20-11-12-24-18;1-2-14-3-5-16(6-4-14)19(22)21-17-9-7-15(8-10-17)18-13-20-11-12-23-18;19-18(20,21)11-26-16-6-3-14(10-23-16)17(25)24-15-4-1-12(2-5-15)13-7-8-22-9-13/h3-10,18,20H,2,11-13H2,1H3,(H,21,22);3-10,18,20H,2,11-13H2,1H3,(H,21,22);1-6,10,13,22H,7-9,11H2,(H,24,25)/t;;13-/m..0/s1. The average Bonchev–Trinajstić information content (AvgIpc) is 3.98. The van der Waals surface area contributed by atoms with Gasteiger partial charge in [-0.05, 0) is 133 Å². The van der Waals surface area contributed by atoms with Crippen LogP contribution in [0.2, 0.25) is 0 Å². The molecule has 9 rings (SSSR count). The molecule has 3 atom stereocenters. The Balaban J connectivity index is 0.000000161. The van der Waals surface area contributed by atoms with Gasteiger partial charge < -0.3 is 50.8 Å². The van der Waals surface area contributed by atoms with Gasteiger partial charge in [0, 0.05) is 73.2 Å². The summed E-state index contributed by atoms with van der Waals surface area (Å²) < 4.78 is 57.6. The Morgan fingerprint density at radius 3 is 1.45 bits per heavy atom. The van der Waals surface area contributed by atoms with Gasteiger partial charge in [0.15, 0.2) is 6.61 Å². The molecular weight excluding hydrogens is 940 g/mol. The number of ether oxygens (including phenoxy) is 4. The van der Waals surface area contributed by atoms with Crippen molar-refractivity contribution in [1.29, 1.82) is 0 Å². The number of carbonyl (C=O) groups is 3. The molecule has 3 amide bonds. The minimum atomic E-state index is -4.43. The second-order valence-electron chi connectivity index (χ2n) is 17.3. The summed E-state index contributed by atoms with van der Waals surface area (Å²) in [7, 11) is 0. The molecule has 4 heterocycles. The van der Waals surface area contributed by atoms with Crippen molar-refractivity contribution in [2.45, 2.75) is 51.0 Å². The number of alkyl halides is 3. The van der Waals surface area contributed by atoms with Gasteiger partial charge in [0.1, 0.15) is 5.75 Å². The third-order valence-electron chi connectivity index (χ3n) is 12.1. The van der Waals surface area contributed by atoms with Crippen molar-refractivity contribution in [2.24, 2.45) is 0 Å². The Labute approximate surface area is 423 Å². The van der Waals surface area contributed by atoms with Crippen molar-refractivity contribution < 1.29 is 46.5 Å². The maximum atomic E-state index is 12.3. The number of rotatable bonds is 14. The highest BCUT2D eigenvalue weighted by molar-refractivity contribution is 6.05. The zero-order valence-electron chi connectivity index (χ0n) is 40.9. The highest BCUT2D eigenvalue weighted by Gasteiger charge is 2.29. The largest absolute Gasteiger partial charge is 0.494 e. The van der Waals surface area contributed by atoms with Crippen molar-refractivity contribution in [2.75, 3.05) is 81.6 Å². The third kappa shape index (κ3) is 17.0. The molecule has 0 radical (unpaired) electrons. The van der Waals surface area contributed by atoms with Gasteiger partial charge in [-0.1, -0.05) is 55.5 Å². The lowest BCUT2D eigenvalue weighted by molar-refractivity contribution is -0.154. The van der Waals surface area contributed by atoms with E-state index in [2.05, 4.69) is 48.5 Å². The van der Waals surface area contributed by atoms with Crippen molar-refractivity contribution in [3.8, 4) is 11.6 Å². The van der Waals surface area contributed by atoms with E-state index >= 15 is 0 Å². The number of hydrogen-bond donors (Lipinski definition) is 6. The molecule has 3 saturated heterocycles. The van der Waals surface area contributed by atoms with Gasteiger partial charge in [-0.2, -0.15) is 13.2 Å². The molecule has 3 aliphatic heterocycles. The number of aromatic nitrogens is 1. The molecule has 17 heteroatoms. The lowest BCUT2D eigenvalue weighted by Gasteiger charge is -2.24. The summed E-state index contributed by atoms with van der Waals surface area (Å²) >= 11 is 0. The van der Waals surface area contributed by atoms with Crippen LogP contribution in [0.1, 0.15) is 91.7 Å². The van der Waals surface area contributed by atoms with Gasteiger partial charge in [-0.3, -0.25) is 14.4 Å². The molecule has 3 fully saturated rings. The Morgan fingerprint density at radius 2 is 1.04 bits per heavy atom. The van der Waals surface area contributed by atoms with Crippen molar-refractivity contribution in [3.63, 3.8) is 0 Å². The second-order valence-corrected chi connectivity index (χ2v) is 17.3. The molecule has 6 N–H and O–H groups in total. The minimum Gasteiger partial charge on any atom is -0.494 e. The second kappa shape index (κ2) is 27.1. The number of pyridine rings is 1. The monoisotopic (exact) mass is 1000 g/mol. The predicted octanol–water partition coefficient (Wildman–Crippen LogP) is 9.51. The average molecular weight is 1000 g/mol. The maximum Gasteiger partial charge on any atom is 0.422 e. The highest BCUT2D eigenvalue weighted by Crippen LogP contribution is 2.26. The molecule has 1 aromatic heterocycles. The van der Waals surface area contributed by atoms with Crippen LogP contribution in [0.3, 0.4) is 0 Å². The van der Waals surface area contributed by atoms with E-state index in [1.165, 1.54) is 29.5 Å². The van der Waals surface area contributed by atoms with Crippen LogP contribution in [0.4, 0.5) is 30.2 Å². The third-order valence-corrected chi connectivity index (χ3v) is 12.1. The van der Waals surface area contributed by atoms with E-state index in [4.69, 9.17) is 14.2 Å². The van der Waals surface area contributed by atoms with Crippen LogP contribution >= 0.6 is 0 Å². The molecule has 6 aromatic rings. The van der Waals surface area contributed by atoms with Crippen molar-refractivity contribution in [1.82, 2.24) is 20.9 Å². The molecule has 0 spiro atoms. The van der Waals surface area contributed by atoms with E-state index in [-0.39, 0.29) is 35.5 Å². The van der Waals surface area contributed by atoms with Crippen molar-refractivity contribution >= 4 is 34.8 Å². The first-order chi connectivity index (χ1) is 35.4. The number of amides is 3. The molecular formula is C56H62F3N7O7. The first-order valence-electron chi connectivity index (χ1n) is 24.5. The van der Waals surface area contributed by atoms with E-state index in [9.17, 15) is 27.6 Å². The molecule has 73 heavy (non-hydrogen) atoms. The fourth-order valence-electron chi connectivity index (χ4n) is 8.03. The molecule has 0 saturated carbocycles. The van der Waals surface area contributed by atoms with Crippen LogP contribution in [0.5, 0.6) is 11.6 Å². The summed E-state index contributed by atoms with van der Waals surface area (Å²) in [5, 5.41) is 18.5. The van der Waals surface area contributed by atoms with Gasteiger partial charge in [0.05, 0.1) is 37.6 Å². The van der Waals surface area contributed by atoms with E-state index in [0.717, 1.165) is 93.6 Å². The molecule has 0 aliphatic carbocycles. The lowest BCUT2D eigenvalue weighted by atomic mass is 9.98. The topological polar surface area (TPSA) is 173 Å². The molecule has 5 aromatic carbocycles. The summed E-state index contributed by atoms with van der Waals surface area (Å²) in [6, 6.07) is 40.7.